The number of nitrogens with one attached hydrogen (secondary N) is 1. The van der Waals surface area contributed by atoms with Crippen molar-refractivity contribution in [3.05, 3.63) is 94.8 Å². The molecule has 1 amide bonds. The Morgan fingerprint density at radius 3 is 2.44 bits per heavy atom. The van der Waals surface area contributed by atoms with Crippen LogP contribution in [0.4, 0.5) is 5.13 Å². The maximum absolute atomic E-state index is 12.4. The van der Waals surface area contributed by atoms with Gasteiger partial charge in [-0.2, -0.15) is 0 Å². The van der Waals surface area contributed by atoms with Gasteiger partial charge in [-0.3, -0.25) is 10.1 Å². The van der Waals surface area contributed by atoms with Crippen LogP contribution in [-0.2, 0) is 13.0 Å². The maximum atomic E-state index is 12.4. The van der Waals surface area contributed by atoms with Crippen molar-refractivity contribution in [1.82, 2.24) is 20.0 Å². The molecule has 0 aliphatic carbocycles. The number of aromatic nitrogens is 4. The number of hydrogen-bond donors (Lipinski definition) is 1. The van der Waals surface area contributed by atoms with Crippen LogP contribution in [0.5, 0.6) is 0 Å². The second-order valence-corrected chi connectivity index (χ2v) is 7.15. The Labute approximate surface area is 160 Å². The fraction of sp³-hybridized carbons (Fsp3) is 0.100. The summed E-state index contributed by atoms with van der Waals surface area (Å²) in [5.74, 6) is -0.310. The highest BCUT2D eigenvalue weighted by Crippen LogP contribution is 2.21. The Balaban J connectivity index is 1.38. The van der Waals surface area contributed by atoms with E-state index in [0.29, 0.717) is 11.7 Å². The van der Waals surface area contributed by atoms with Crippen LogP contribution in [-0.4, -0.2) is 25.9 Å². The number of carbonyl (C=O) groups excluding carboxylic acids is 1. The third-order valence-electron chi connectivity index (χ3n) is 3.95. The molecule has 1 N–H and O–H groups in total. The van der Waals surface area contributed by atoms with E-state index in [2.05, 4.69) is 32.7 Å². The molecular weight excluding hydrogens is 358 g/mol. The molecule has 0 unspecified atom stereocenters. The number of amides is 1. The first kappa shape index (κ1) is 17.1. The molecule has 0 spiro atoms. The molecule has 0 saturated carbocycles. The highest BCUT2D eigenvalue weighted by Gasteiger charge is 2.13. The van der Waals surface area contributed by atoms with Crippen LogP contribution in [0.25, 0.3) is 0 Å². The van der Waals surface area contributed by atoms with Crippen molar-refractivity contribution < 1.29 is 4.79 Å². The number of thiazole rings is 1. The van der Waals surface area contributed by atoms with Crippen molar-refractivity contribution in [3.8, 4) is 0 Å². The van der Waals surface area contributed by atoms with Gasteiger partial charge in [0, 0.05) is 17.5 Å². The Morgan fingerprint density at radius 2 is 1.70 bits per heavy atom. The van der Waals surface area contributed by atoms with E-state index in [9.17, 15) is 4.79 Å². The summed E-state index contributed by atoms with van der Waals surface area (Å²) in [6, 6.07) is 20.1. The zero-order valence-electron chi connectivity index (χ0n) is 14.4. The lowest BCUT2D eigenvalue weighted by molar-refractivity contribution is 0.102. The number of anilines is 1. The van der Waals surface area contributed by atoms with Gasteiger partial charge in [0.2, 0.25) is 0 Å². The van der Waals surface area contributed by atoms with E-state index in [1.165, 1.54) is 16.9 Å². The smallest absolute Gasteiger partial charge is 0.279 e. The van der Waals surface area contributed by atoms with Crippen LogP contribution in [0.2, 0.25) is 0 Å². The van der Waals surface area contributed by atoms with Crippen molar-refractivity contribution >= 4 is 22.4 Å². The average Bonchev–Trinajstić information content (AvgIpc) is 3.33. The normalized spacial score (nSPS) is 10.7. The van der Waals surface area contributed by atoms with Crippen LogP contribution in [0.1, 0.15) is 26.5 Å². The zero-order chi connectivity index (χ0) is 18.5. The Bertz CT molecular complexity index is 1030. The third-order valence-corrected chi connectivity index (χ3v) is 4.87. The topological polar surface area (TPSA) is 72.7 Å². The molecule has 2 aromatic carbocycles. The summed E-state index contributed by atoms with van der Waals surface area (Å²) < 4.78 is 1.65. The largest absolute Gasteiger partial charge is 0.296 e. The molecule has 2 aromatic heterocycles. The molecular formula is C20H17N5OS. The third kappa shape index (κ3) is 4.45. The SMILES string of the molecule is O=C(Nc1ncc(Cc2ccccc2)s1)c1cn(Cc2ccccc2)nn1. The first-order valence-electron chi connectivity index (χ1n) is 8.50. The monoisotopic (exact) mass is 375 g/mol. The van der Waals surface area contributed by atoms with Crippen LogP contribution in [0.15, 0.2) is 73.1 Å². The quantitative estimate of drug-likeness (QED) is 0.559. The van der Waals surface area contributed by atoms with Crippen LogP contribution in [0, 0.1) is 0 Å². The summed E-state index contributed by atoms with van der Waals surface area (Å²) in [6.07, 6.45) is 4.22. The lowest BCUT2D eigenvalue weighted by atomic mass is 10.1. The van der Waals surface area contributed by atoms with Crippen LogP contribution in [0.3, 0.4) is 0 Å². The summed E-state index contributed by atoms with van der Waals surface area (Å²) in [5.41, 5.74) is 2.58. The fourth-order valence-corrected chi connectivity index (χ4v) is 3.50. The molecule has 0 aliphatic heterocycles. The highest BCUT2D eigenvalue weighted by atomic mass is 32.1. The molecule has 6 nitrogen and oxygen atoms in total. The average molecular weight is 375 g/mol. The molecule has 0 fully saturated rings. The minimum atomic E-state index is -0.310. The van der Waals surface area contributed by atoms with Gasteiger partial charge in [-0.05, 0) is 11.1 Å². The standard InChI is InChI=1S/C20H17N5OS/c26-19(18-14-25(24-23-18)13-16-9-5-2-6-10-16)22-20-21-12-17(27-20)11-15-7-3-1-4-8-15/h1-10,12,14H,11,13H2,(H,21,22,26). The second kappa shape index (κ2) is 7.92. The van der Waals surface area contributed by atoms with Crippen molar-refractivity contribution in [2.24, 2.45) is 0 Å². The first-order valence-corrected chi connectivity index (χ1v) is 9.32. The van der Waals surface area contributed by atoms with Gasteiger partial charge in [-0.25, -0.2) is 9.67 Å². The van der Waals surface area contributed by atoms with Gasteiger partial charge >= 0.3 is 0 Å². The predicted molar refractivity (Wildman–Crippen MR) is 105 cm³/mol. The van der Waals surface area contributed by atoms with E-state index in [1.807, 2.05) is 48.5 Å². The Morgan fingerprint density at radius 1 is 1.00 bits per heavy atom. The molecule has 27 heavy (non-hydrogen) atoms. The molecule has 4 rings (SSSR count). The van der Waals surface area contributed by atoms with Gasteiger partial charge in [0.05, 0.1) is 12.7 Å². The van der Waals surface area contributed by atoms with E-state index in [-0.39, 0.29) is 11.6 Å². The molecule has 0 aliphatic rings. The van der Waals surface area contributed by atoms with Crippen LogP contribution >= 0.6 is 11.3 Å². The van der Waals surface area contributed by atoms with Crippen molar-refractivity contribution in [2.45, 2.75) is 13.0 Å². The molecule has 2 heterocycles. The highest BCUT2D eigenvalue weighted by molar-refractivity contribution is 7.15. The summed E-state index contributed by atoms with van der Waals surface area (Å²) in [7, 11) is 0. The number of carbonyl (C=O) groups is 1. The van der Waals surface area contributed by atoms with E-state index < -0.39 is 0 Å². The minimum absolute atomic E-state index is 0.269. The molecule has 0 radical (unpaired) electrons. The van der Waals surface area contributed by atoms with E-state index in [0.717, 1.165) is 16.9 Å². The van der Waals surface area contributed by atoms with Crippen LogP contribution < -0.4 is 5.32 Å². The first-order chi connectivity index (χ1) is 13.3. The molecule has 0 bridgehead atoms. The maximum Gasteiger partial charge on any atom is 0.279 e. The van der Waals surface area contributed by atoms with Gasteiger partial charge in [-0.1, -0.05) is 65.9 Å². The summed E-state index contributed by atoms with van der Waals surface area (Å²) >= 11 is 1.46. The number of hydrogen-bond acceptors (Lipinski definition) is 5. The zero-order valence-corrected chi connectivity index (χ0v) is 15.3. The molecule has 4 aromatic rings. The van der Waals surface area contributed by atoms with E-state index in [4.69, 9.17) is 0 Å². The van der Waals surface area contributed by atoms with Gasteiger partial charge in [0.25, 0.3) is 5.91 Å². The molecule has 0 saturated heterocycles. The lowest BCUT2D eigenvalue weighted by Crippen LogP contribution is -2.12. The number of rotatable bonds is 6. The van der Waals surface area contributed by atoms with Crippen molar-refractivity contribution in [3.63, 3.8) is 0 Å². The summed E-state index contributed by atoms with van der Waals surface area (Å²) in [6.45, 7) is 0.569. The predicted octanol–water partition coefficient (Wildman–Crippen LogP) is 3.63. The van der Waals surface area contributed by atoms with Gasteiger partial charge in [0.1, 0.15) is 0 Å². The Kier molecular flexibility index (Phi) is 5.02. The lowest BCUT2D eigenvalue weighted by Gasteiger charge is -1.99. The summed E-state index contributed by atoms with van der Waals surface area (Å²) in [5, 5.41) is 11.3. The van der Waals surface area contributed by atoms with Gasteiger partial charge in [-0.15, -0.1) is 16.4 Å². The molecule has 0 atom stereocenters. The molecule has 134 valence electrons. The number of benzene rings is 2. The van der Waals surface area contributed by atoms with Gasteiger partial charge < -0.3 is 0 Å². The second-order valence-electron chi connectivity index (χ2n) is 6.04. The van der Waals surface area contributed by atoms with E-state index >= 15 is 0 Å². The molecule has 7 heteroatoms. The summed E-state index contributed by atoms with van der Waals surface area (Å²) in [4.78, 5) is 17.8. The Hall–Kier alpha value is -3.32. The van der Waals surface area contributed by atoms with E-state index in [1.54, 1.807) is 17.1 Å². The van der Waals surface area contributed by atoms with Gasteiger partial charge in [0.15, 0.2) is 10.8 Å². The minimum Gasteiger partial charge on any atom is -0.296 e. The van der Waals surface area contributed by atoms with Crippen molar-refractivity contribution in [1.29, 1.82) is 0 Å². The fourth-order valence-electron chi connectivity index (χ4n) is 2.66. The van der Waals surface area contributed by atoms with Crippen molar-refractivity contribution in [2.75, 3.05) is 5.32 Å². The number of nitrogens with zero attached hydrogens (tertiary/aromatic N) is 4.